The summed E-state index contributed by atoms with van der Waals surface area (Å²) in [6.45, 7) is 0.797. The van der Waals surface area contributed by atoms with E-state index in [-0.39, 0.29) is 51.0 Å². The van der Waals surface area contributed by atoms with Gasteiger partial charge in [-0.15, -0.1) is 0 Å². The SMILES string of the molecule is O=C(Nc1cc(NC(=O)C2CCOCC2)cc2c1C(c1cc(F)ccc1Cl)NC2=O)c1cc(F)cc(C(F)(F)F)c1. The molecule has 1 saturated heterocycles. The molecular weight excluding hydrogens is 573 g/mol. The maximum absolute atomic E-state index is 14.1. The van der Waals surface area contributed by atoms with Crippen molar-refractivity contribution in [2.45, 2.75) is 25.1 Å². The minimum atomic E-state index is -4.91. The molecule has 0 aromatic heterocycles. The topological polar surface area (TPSA) is 96.5 Å². The van der Waals surface area contributed by atoms with Crippen LogP contribution in [0.15, 0.2) is 48.5 Å². The maximum atomic E-state index is 14.1. The molecule has 0 radical (unpaired) electrons. The predicted octanol–water partition coefficient (Wildman–Crippen LogP) is 6.09. The average molecular weight is 594 g/mol. The van der Waals surface area contributed by atoms with Crippen LogP contribution in [0.3, 0.4) is 0 Å². The Hall–Kier alpha value is -4.03. The Morgan fingerprint density at radius 3 is 2.39 bits per heavy atom. The normalized spacial score (nSPS) is 17.1. The molecule has 1 atom stereocenters. The van der Waals surface area contributed by atoms with E-state index in [1.165, 1.54) is 18.2 Å². The minimum Gasteiger partial charge on any atom is -0.381 e. The van der Waals surface area contributed by atoms with Crippen molar-refractivity contribution in [3.05, 3.63) is 93.0 Å². The Bertz CT molecular complexity index is 1560. The summed E-state index contributed by atoms with van der Waals surface area (Å²) in [6, 6.07) is 6.49. The first-order chi connectivity index (χ1) is 19.4. The number of hydrogen-bond acceptors (Lipinski definition) is 4. The highest BCUT2D eigenvalue weighted by atomic mass is 35.5. The number of ether oxygens (including phenoxy) is 1. The van der Waals surface area contributed by atoms with Crippen LogP contribution in [0.2, 0.25) is 5.02 Å². The molecule has 7 nitrogen and oxygen atoms in total. The first kappa shape index (κ1) is 28.5. The molecule has 1 fully saturated rings. The van der Waals surface area contributed by atoms with Gasteiger partial charge in [0.15, 0.2) is 0 Å². The third-order valence-corrected chi connectivity index (χ3v) is 7.20. The van der Waals surface area contributed by atoms with Gasteiger partial charge in [0.2, 0.25) is 5.91 Å². The lowest BCUT2D eigenvalue weighted by atomic mass is 9.95. The molecule has 214 valence electrons. The number of carbonyl (C=O) groups is 3. The first-order valence-electron chi connectivity index (χ1n) is 12.4. The van der Waals surface area contributed by atoms with E-state index < -0.39 is 46.8 Å². The number of anilines is 2. The van der Waals surface area contributed by atoms with Crippen molar-refractivity contribution in [2.24, 2.45) is 5.92 Å². The fourth-order valence-corrected chi connectivity index (χ4v) is 5.09. The molecule has 2 heterocycles. The standard InChI is InChI=1S/C28H21ClF5N3O4/c29-21-2-1-16(30)10-19(21)24-23-20(27(40)37-24)11-18(35-25(38)13-3-5-41-6-4-13)12-22(23)36-26(39)14-7-15(28(32,33)34)9-17(31)8-14/h1-2,7-13,24H,3-6H2,(H,35,38)(H,36,39)(H,37,40). The summed E-state index contributed by atoms with van der Waals surface area (Å²) in [5.41, 5.74) is -1.69. The van der Waals surface area contributed by atoms with Crippen molar-refractivity contribution in [1.82, 2.24) is 5.32 Å². The summed E-state index contributed by atoms with van der Waals surface area (Å²) >= 11 is 6.29. The second-order valence-electron chi connectivity index (χ2n) is 9.61. The van der Waals surface area contributed by atoms with Crippen LogP contribution in [0.5, 0.6) is 0 Å². The smallest absolute Gasteiger partial charge is 0.381 e. The number of benzene rings is 3. The lowest BCUT2D eigenvalue weighted by Gasteiger charge is -2.22. The molecule has 0 bridgehead atoms. The minimum absolute atomic E-state index is 0.00521. The van der Waals surface area contributed by atoms with Crippen LogP contribution in [0.25, 0.3) is 0 Å². The van der Waals surface area contributed by atoms with Crippen molar-refractivity contribution in [1.29, 1.82) is 0 Å². The Kier molecular flexibility index (Phi) is 7.71. The summed E-state index contributed by atoms with van der Waals surface area (Å²) in [5, 5.41) is 7.90. The number of nitrogens with one attached hydrogen (secondary N) is 3. The summed E-state index contributed by atoms with van der Waals surface area (Å²) in [6.07, 6.45) is -3.97. The molecule has 41 heavy (non-hydrogen) atoms. The summed E-state index contributed by atoms with van der Waals surface area (Å²) in [5.74, 6) is -4.41. The summed E-state index contributed by atoms with van der Waals surface area (Å²) < 4.78 is 73.2. The van der Waals surface area contributed by atoms with E-state index in [1.54, 1.807) is 0 Å². The van der Waals surface area contributed by atoms with Gasteiger partial charge in [-0.05, 0) is 61.4 Å². The van der Waals surface area contributed by atoms with Gasteiger partial charge in [0, 0.05) is 57.8 Å². The van der Waals surface area contributed by atoms with E-state index in [4.69, 9.17) is 16.3 Å². The van der Waals surface area contributed by atoms with Crippen LogP contribution in [-0.4, -0.2) is 30.9 Å². The summed E-state index contributed by atoms with van der Waals surface area (Å²) in [7, 11) is 0. The highest BCUT2D eigenvalue weighted by Gasteiger charge is 2.36. The van der Waals surface area contributed by atoms with E-state index in [0.717, 1.165) is 12.1 Å². The fourth-order valence-electron chi connectivity index (χ4n) is 4.86. The van der Waals surface area contributed by atoms with Gasteiger partial charge in [0.05, 0.1) is 11.6 Å². The Balaban J connectivity index is 1.57. The second-order valence-corrected chi connectivity index (χ2v) is 10.0. The lowest BCUT2D eigenvalue weighted by Crippen LogP contribution is -2.28. The quantitative estimate of drug-likeness (QED) is 0.312. The van der Waals surface area contributed by atoms with Crippen molar-refractivity contribution < 1.29 is 41.1 Å². The van der Waals surface area contributed by atoms with E-state index in [1.807, 2.05) is 0 Å². The zero-order valence-electron chi connectivity index (χ0n) is 21.0. The van der Waals surface area contributed by atoms with Crippen LogP contribution in [0.1, 0.15) is 56.3 Å². The van der Waals surface area contributed by atoms with E-state index in [0.29, 0.717) is 38.2 Å². The Labute approximate surface area is 235 Å². The maximum Gasteiger partial charge on any atom is 0.416 e. The molecule has 3 aromatic rings. The van der Waals surface area contributed by atoms with E-state index in [2.05, 4.69) is 16.0 Å². The van der Waals surface area contributed by atoms with Gasteiger partial charge in [0.1, 0.15) is 11.6 Å². The number of alkyl halides is 3. The van der Waals surface area contributed by atoms with Gasteiger partial charge < -0.3 is 20.7 Å². The van der Waals surface area contributed by atoms with Crippen molar-refractivity contribution in [3.63, 3.8) is 0 Å². The molecule has 0 aliphatic carbocycles. The number of carbonyl (C=O) groups excluding carboxylic acids is 3. The van der Waals surface area contributed by atoms with E-state index >= 15 is 0 Å². The number of halogens is 6. The number of rotatable bonds is 5. The Morgan fingerprint density at radius 1 is 0.951 bits per heavy atom. The van der Waals surface area contributed by atoms with Crippen LogP contribution < -0.4 is 16.0 Å². The molecule has 2 aliphatic heterocycles. The van der Waals surface area contributed by atoms with Crippen molar-refractivity contribution in [3.8, 4) is 0 Å². The monoisotopic (exact) mass is 593 g/mol. The van der Waals surface area contributed by atoms with Gasteiger partial charge in [-0.2, -0.15) is 13.2 Å². The van der Waals surface area contributed by atoms with Gasteiger partial charge >= 0.3 is 6.18 Å². The highest BCUT2D eigenvalue weighted by molar-refractivity contribution is 6.31. The Morgan fingerprint density at radius 2 is 1.68 bits per heavy atom. The third-order valence-electron chi connectivity index (χ3n) is 6.85. The fraction of sp³-hybridized carbons (Fsp3) is 0.250. The van der Waals surface area contributed by atoms with Gasteiger partial charge in [0.25, 0.3) is 11.8 Å². The van der Waals surface area contributed by atoms with E-state index in [9.17, 15) is 36.3 Å². The van der Waals surface area contributed by atoms with Crippen molar-refractivity contribution in [2.75, 3.05) is 23.8 Å². The van der Waals surface area contributed by atoms with Crippen molar-refractivity contribution >= 4 is 40.7 Å². The molecule has 13 heteroatoms. The molecule has 1 unspecified atom stereocenters. The lowest BCUT2D eigenvalue weighted by molar-refractivity contribution is -0.137. The summed E-state index contributed by atoms with van der Waals surface area (Å²) in [4.78, 5) is 39.0. The van der Waals surface area contributed by atoms with Gasteiger partial charge in [-0.25, -0.2) is 8.78 Å². The number of amides is 3. The third kappa shape index (κ3) is 6.03. The zero-order valence-corrected chi connectivity index (χ0v) is 21.8. The average Bonchev–Trinajstić information content (AvgIpc) is 3.25. The number of fused-ring (bicyclic) bond motifs is 1. The van der Waals surface area contributed by atoms with Gasteiger partial charge in [-0.3, -0.25) is 14.4 Å². The zero-order chi connectivity index (χ0) is 29.5. The van der Waals surface area contributed by atoms with Crippen LogP contribution in [0, 0.1) is 17.6 Å². The number of hydrogen-bond donors (Lipinski definition) is 3. The van der Waals surface area contributed by atoms with Crippen LogP contribution >= 0.6 is 11.6 Å². The molecule has 0 spiro atoms. The molecule has 0 saturated carbocycles. The molecule has 3 aromatic carbocycles. The molecule has 2 aliphatic rings. The highest BCUT2D eigenvalue weighted by Crippen LogP contribution is 2.41. The van der Waals surface area contributed by atoms with Crippen LogP contribution in [0.4, 0.5) is 33.3 Å². The van der Waals surface area contributed by atoms with Crippen LogP contribution in [-0.2, 0) is 15.7 Å². The molecular formula is C28H21ClF5N3O4. The largest absolute Gasteiger partial charge is 0.416 e. The molecule has 3 N–H and O–H groups in total. The molecule has 3 amide bonds. The predicted molar refractivity (Wildman–Crippen MR) is 139 cm³/mol. The van der Waals surface area contributed by atoms with Gasteiger partial charge in [-0.1, -0.05) is 11.6 Å². The first-order valence-corrected chi connectivity index (χ1v) is 12.8. The molecule has 5 rings (SSSR count). The second kappa shape index (κ2) is 11.1.